The summed E-state index contributed by atoms with van der Waals surface area (Å²) in [6, 6.07) is 13.1. The molecular weight excluding hydrogens is 472 g/mol. The molecule has 8 heteroatoms. The molecule has 2 aliphatic heterocycles. The van der Waals surface area contributed by atoms with Crippen LogP contribution in [0, 0.1) is 5.92 Å². The largest absolute Gasteiger partial charge is 0.497 e. The van der Waals surface area contributed by atoms with E-state index in [-0.39, 0.29) is 18.8 Å². The predicted molar refractivity (Wildman–Crippen MR) is 142 cm³/mol. The van der Waals surface area contributed by atoms with Crippen molar-refractivity contribution in [2.75, 3.05) is 40.6 Å². The number of carbonyl (C=O) groups excluding carboxylic acids is 1. The standard InChI is InChI=1S/C20H21NO5.C9H19NO/c1-21-10-15(13-5-8-16-17(9-13)26-11-25-16)18(20(22)23)19(21)12-3-6-14(24-2)7-4-12;1-3-5-7-10(9-11)8-6-4-2/h3-9,15,18-19H,10-11H2,1-2H3,(H,22,23);9H,3-8H2,1-2H3/t15-,18-,19?;/m1./s1. The second-order valence-corrected chi connectivity index (χ2v) is 9.59. The second kappa shape index (κ2) is 13.9. The molecule has 1 saturated heterocycles. The number of benzene rings is 2. The molecule has 202 valence electrons. The van der Waals surface area contributed by atoms with E-state index in [0.29, 0.717) is 18.0 Å². The Morgan fingerprint density at radius 2 is 1.68 bits per heavy atom. The first kappa shape index (κ1) is 28.3. The summed E-state index contributed by atoms with van der Waals surface area (Å²) in [5.41, 5.74) is 1.94. The third-order valence-corrected chi connectivity index (χ3v) is 7.05. The number of nitrogens with zero attached hydrogens (tertiary/aromatic N) is 2. The highest BCUT2D eigenvalue weighted by atomic mass is 16.7. The van der Waals surface area contributed by atoms with E-state index < -0.39 is 11.9 Å². The maximum Gasteiger partial charge on any atom is 0.309 e. The van der Waals surface area contributed by atoms with Gasteiger partial charge in [0.1, 0.15) is 5.75 Å². The molecule has 2 aromatic rings. The Morgan fingerprint density at radius 3 is 2.24 bits per heavy atom. The molecule has 1 N–H and O–H groups in total. The molecule has 4 rings (SSSR count). The van der Waals surface area contributed by atoms with Crippen LogP contribution >= 0.6 is 0 Å². The van der Waals surface area contributed by atoms with E-state index in [2.05, 4.69) is 18.7 Å². The number of carbonyl (C=O) groups is 2. The number of amides is 1. The summed E-state index contributed by atoms with van der Waals surface area (Å²) in [4.78, 5) is 26.6. The quantitative estimate of drug-likeness (QED) is 0.427. The summed E-state index contributed by atoms with van der Waals surface area (Å²) < 4.78 is 16.0. The van der Waals surface area contributed by atoms with Crippen molar-refractivity contribution in [3.05, 3.63) is 53.6 Å². The summed E-state index contributed by atoms with van der Waals surface area (Å²) in [6.45, 7) is 7.01. The number of ether oxygens (including phenoxy) is 3. The third kappa shape index (κ3) is 7.16. The Kier molecular flexibility index (Phi) is 10.6. The van der Waals surface area contributed by atoms with Crippen molar-refractivity contribution in [3.8, 4) is 17.2 Å². The van der Waals surface area contributed by atoms with Crippen LogP contribution < -0.4 is 14.2 Å². The summed E-state index contributed by atoms with van der Waals surface area (Å²) in [5.74, 6) is 0.681. The fourth-order valence-corrected chi connectivity index (χ4v) is 5.00. The maximum absolute atomic E-state index is 12.2. The molecule has 0 bridgehead atoms. The smallest absolute Gasteiger partial charge is 0.309 e. The van der Waals surface area contributed by atoms with E-state index in [1.807, 2.05) is 54.4 Å². The fraction of sp³-hybridized carbons (Fsp3) is 0.517. The number of fused-ring (bicyclic) bond motifs is 1. The number of aliphatic carboxylic acids is 1. The molecule has 1 unspecified atom stereocenters. The van der Waals surface area contributed by atoms with Gasteiger partial charge >= 0.3 is 5.97 Å². The first-order valence-electron chi connectivity index (χ1n) is 13.1. The van der Waals surface area contributed by atoms with E-state index in [9.17, 15) is 14.7 Å². The van der Waals surface area contributed by atoms with Crippen molar-refractivity contribution in [1.82, 2.24) is 9.80 Å². The monoisotopic (exact) mass is 512 g/mol. The van der Waals surface area contributed by atoms with E-state index in [1.165, 1.54) is 0 Å². The minimum atomic E-state index is -0.794. The summed E-state index contributed by atoms with van der Waals surface area (Å²) in [7, 11) is 3.59. The number of unbranched alkanes of at least 4 members (excludes halogenated alkanes) is 2. The lowest BCUT2D eigenvalue weighted by Crippen LogP contribution is -2.26. The van der Waals surface area contributed by atoms with Crippen molar-refractivity contribution < 1.29 is 28.9 Å². The molecular formula is C29H40N2O6. The molecule has 2 aromatic carbocycles. The molecule has 0 spiro atoms. The fourth-order valence-electron chi connectivity index (χ4n) is 5.00. The van der Waals surface area contributed by atoms with Crippen LogP contribution in [-0.2, 0) is 9.59 Å². The van der Waals surface area contributed by atoms with Crippen LogP contribution in [0.25, 0.3) is 0 Å². The topological polar surface area (TPSA) is 88.5 Å². The highest BCUT2D eigenvalue weighted by Crippen LogP contribution is 2.47. The Balaban J connectivity index is 0.000000295. The molecule has 8 nitrogen and oxygen atoms in total. The Morgan fingerprint density at radius 1 is 1.05 bits per heavy atom. The number of hydrogen-bond acceptors (Lipinski definition) is 6. The molecule has 3 atom stereocenters. The van der Waals surface area contributed by atoms with E-state index in [1.54, 1.807) is 7.11 Å². The van der Waals surface area contributed by atoms with Crippen LogP contribution in [0.15, 0.2) is 42.5 Å². The number of rotatable bonds is 11. The number of methoxy groups -OCH3 is 1. The normalized spacial score (nSPS) is 20.2. The highest BCUT2D eigenvalue weighted by Gasteiger charge is 2.46. The minimum Gasteiger partial charge on any atom is -0.497 e. The number of likely N-dealkylation sites (N-methyl/N-ethyl adjacent to an activating group) is 1. The lowest BCUT2D eigenvalue weighted by Gasteiger charge is -2.24. The molecule has 0 aromatic heterocycles. The Labute approximate surface area is 220 Å². The maximum atomic E-state index is 12.2. The molecule has 1 amide bonds. The number of likely N-dealkylation sites (tertiary alicyclic amines) is 1. The Hall–Kier alpha value is -3.26. The van der Waals surface area contributed by atoms with Gasteiger partial charge in [-0.05, 0) is 55.3 Å². The average molecular weight is 513 g/mol. The van der Waals surface area contributed by atoms with Gasteiger partial charge in [-0.15, -0.1) is 0 Å². The molecule has 1 fully saturated rings. The van der Waals surface area contributed by atoms with Crippen molar-refractivity contribution in [3.63, 3.8) is 0 Å². The van der Waals surface area contributed by atoms with Gasteiger partial charge in [-0.3, -0.25) is 14.5 Å². The first-order chi connectivity index (χ1) is 17.9. The van der Waals surface area contributed by atoms with Crippen molar-refractivity contribution in [1.29, 1.82) is 0 Å². The van der Waals surface area contributed by atoms with Gasteiger partial charge < -0.3 is 24.2 Å². The van der Waals surface area contributed by atoms with Gasteiger partial charge in [-0.2, -0.15) is 0 Å². The summed E-state index contributed by atoms with van der Waals surface area (Å²) in [6.07, 6.45) is 5.54. The van der Waals surface area contributed by atoms with Crippen LogP contribution in [0.4, 0.5) is 0 Å². The van der Waals surface area contributed by atoms with Gasteiger partial charge in [0.2, 0.25) is 13.2 Å². The summed E-state index contributed by atoms with van der Waals surface area (Å²) in [5, 5.41) is 9.98. The van der Waals surface area contributed by atoms with E-state index >= 15 is 0 Å². The van der Waals surface area contributed by atoms with E-state index in [0.717, 1.165) is 62.1 Å². The first-order valence-corrected chi connectivity index (χ1v) is 13.1. The molecule has 0 radical (unpaired) electrons. The van der Waals surface area contributed by atoms with Gasteiger partial charge in [0.15, 0.2) is 11.5 Å². The molecule has 0 saturated carbocycles. The highest BCUT2D eigenvalue weighted by molar-refractivity contribution is 5.74. The molecule has 2 aliphatic rings. The van der Waals surface area contributed by atoms with Crippen LogP contribution in [0.2, 0.25) is 0 Å². The zero-order valence-electron chi connectivity index (χ0n) is 22.4. The number of carboxylic acid groups (broad SMARTS) is 1. The van der Waals surface area contributed by atoms with Crippen LogP contribution in [0.5, 0.6) is 17.2 Å². The molecule has 37 heavy (non-hydrogen) atoms. The Bertz CT molecular complexity index is 1000. The second-order valence-electron chi connectivity index (χ2n) is 9.59. The van der Waals surface area contributed by atoms with Crippen molar-refractivity contribution in [2.24, 2.45) is 5.92 Å². The van der Waals surface area contributed by atoms with Gasteiger partial charge in [-0.25, -0.2) is 0 Å². The van der Waals surface area contributed by atoms with Crippen LogP contribution in [0.3, 0.4) is 0 Å². The number of hydrogen-bond donors (Lipinski definition) is 1. The predicted octanol–water partition coefficient (Wildman–Crippen LogP) is 4.94. The van der Waals surface area contributed by atoms with Gasteiger partial charge in [0, 0.05) is 31.6 Å². The van der Waals surface area contributed by atoms with Gasteiger partial charge in [0.05, 0.1) is 13.0 Å². The van der Waals surface area contributed by atoms with Crippen LogP contribution in [-0.4, -0.2) is 67.9 Å². The zero-order valence-corrected chi connectivity index (χ0v) is 22.4. The number of carboxylic acids is 1. The SMILES string of the molecule is CCCCN(C=O)CCCC.COc1ccc(C2[C@H](C(=O)O)[C@@H](c3ccc4c(c3)OCO4)CN2C)cc1. The average Bonchev–Trinajstić information content (AvgIpc) is 3.53. The lowest BCUT2D eigenvalue weighted by molar-refractivity contribution is -0.143. The van der Waals surface area contributed by atoms with Crippen molar-refractivity contribution in [2.45, 2.75) is 51.5 Å². The third-order valence-electron chi connectivity index (χ3n) is 7.05. The van der Waals surface area contributed by atoms with E-state index in [4.69, 9.17) is 14.2 Å². The van der Waals surface area contributed by atoms with Gasteiger partial charge in [-0.1, -0.05) is 44.9 Å². The molecule has 2 heterocycles. The van der Waals surface area contributed by atoms with Crippen molar-refractivity contribution >= 4 is 12.4 Å². The lowest BCUT2D eigenvalue weighted by atomic mass is 9.83. The zero-order chi connectivity index (χ0) is 26.8. The minimum absolute atomic E-state index is 0.126. The van der Waals surface area contributed by atoms with Gasteiger partial charge in [0.25, 0.3) is 0 Å². The van der Waals surface area contributed by atoms with Crippen LogP contribution in [0.1, 0.15) is 62.6 Å². The summed E-state index contributed by atoms with van der Waals surface area (Å²) >= 11 is 0. The molecule has 0 aliphatic carbocycles.